The second-order valence-corrected chi connectivity index (χ2v) is 12.2. The van der Waals surface area contributed by atoms with Gasteiger partial charge in [-0.2, -0.15) is 0 Å². The van der Waals surface area contributed by atoms with Crippen LogP contribution in [0, 0.1) is 11.3 Å². The largest absolute Gasteiger partial charge is 0.542 e. The third kappa shape index (κ3) is 7.59. The topological polar surface area (TPSA) is 9.23 Å². The molecule has 0 fully saturated rings. The first kappa shape index (κ1) is 22.4. The van der Waals surface area contributed by atoms with E-state index in [-0.39, 0.29) is 5.41 Å². The Morgan fingerprint density at radius 1 is 1.00 bits per heavy atom. The Bertz CT molecular complexity index is 656. The highest BCUT2D eigenvalue weighted by molar-refractivity contribution is 9.11. The van der Waals surface area contributed by atoms with E-state index in [4.69, 9.17) is 4.43 Å². The van der Waals surface area contributed by atoms with Gasteiger partial charge in [0.2, 0.25) is 0 Å². The van der Waals surface area contributed by atoms with Crippen LogP contribution in [0.2, 0.25) is 0 Å². The lowest BCUT2D eigenvalue weighted by atomic mass is 9.76. The van der Waals surface area contributed by atoms with Crippen molar-refractivity contribution in [1.29, 1.82) is 0 Å². The summed E-state index contributed by atoms with van der Waals surface area (Å²) in [6.07, 6.45) is 5.40. The number of benzene rings is 2. The molecule has 1 nitrogen and oxygen atoms in total. The Balaban J connectivity index is 2.15. The molecule has 4 heteroatoms. The van der Waals surface area contributed by atoms with E-state index >= 15 is 0 Å². The Hall–Kier alpha value is -0.843. The zero-order valence-electron chi connectivity index (χ0n) is 16.5. The van der Waals surface area contributed by atoms with Crippen LogP contribution in [0.1, 0.15) is 40.0 Å². The van der Waals surface area contributed by atoms with Gasteiger partial charge in [-0.15, -0.1) is 0 Å². The molecule has 0 aliphatic carbocycles. The average Bonchev–Trinajstić information content (AvgIpc) is 2.66. The zero-order valence-corrected chi connectivity index (χ0v) is 20.8. The molecule has 146 valence electrons. The molecule has 0 heterocycles. The average molecular weight is 510 g/mol. The lowest BCUT2D eigenvalue weighted by Crippen LogP contribution is -2.43. The molecule has 0 radical (unpaired) electrons. The maximum absolute atomic E-state index is 6.41. The molecule has 0 saturated heterocycles. The summed E-state index contributed by atoms with van der Waals surface area (Å²) in [7, 11) is -1.73. The van der Waals surface area contributed by atoms with Crippen LogP contribution in [0.3, 0.4) is 0 Å². The fourth-order valence-electron chi connectivity index (χ4n) is 3.20. The Morgan fingerprint density at radius 2 is 1.52 bits per heavy atom. The summed E-state index contributed by atoms with van der Waals surface area (Å²) in [6.45, 7) is 7.00. The summed E-state index contributed by atoms with van der Waals surface area (Å²) < 4.78 is 7.57. The van der Waals surface area contributed by atoms with Crippen LogP contribution in [-0.2, 0) is 4.43 Å². The fourth-order valence-corrected chi connectivity index (χ4v) is 6.36. The van der Waals surface area contributed by atoms with Crippen LogP contribution in [0.15, 0.2) is 71.4 Å². The van der Waals surface area contributed by atoms with E-state index in [0.29, 0.717) is 5.92 Å². The molecule has 0 spiro atoms. The summed E-state index contributed by atoms with van der Waals surface area (Å²) in [5.41, 5.74) is 0.282. The molecule has 0 saturated carbocycles. The minimum Gasteiger partial charge on any atom is -0.542 e. The minimum absolute atomic E-state index is 0.282. The molecule has 0 N–H and O–H groups in total. The lowest BCUT2D eigenvalue weighted by Gasteiger charge is -2.31. The standard InChI is InChI=1S/C23H30Br2OSi/c1-23(2,3)19(11-10-16-24)17-20(25)18-26-27(21-12-6-4-7-13-21)22-14-8-5-9-15-22/h4-9,12-15,18-19,27H,10-11,16-17H2,1-3H3. The Kier molecular flexibility index (Phi) is 9.34. The van der Waals surface area contributed by atoms with Crippen LogP contribution in [0.5, 0.6) is 0 Å². The maximum atomic E-state index is 6.41. The quantitative estimate of drug-likeness (QED) is 0.228. The highest BCUT2D eigenvalue weighted by atomic mass is 79.9. The fraction of sp³-hybridized carbons (Fsp3) is 0.391. The van der Waals surface area contributed by atoms with Gasteiger partial charge in [0.1, 0.15) is 0 Å². The molecule has 0 aromatic heterocycles. The summed E-state index contributed by atoms with van der Waals surface area (Å²) in [5, 5.41) is 3.66. The van der Waals surface area contributed by atoms with Crippen LogP contribution in [0.4, 0.5) is 0 Å². The first-order valence-electron chi connectivity index (χ1n) is 9.57. The van der Waals surface area contributed by atoms with E-state index in [9.17, 15) is 0 Å². The molecule has 2 rings (SSSR count). The maximum Gasteiger partial charge on any atom is 0.298 e. The van der Waals surface area contributed by atoms with Gasteiger partial charge in [-0.25, -0.2) is 0 Å². The van der Waals surface area contributed by atoms with Crippen LogP contribution in [0.25, 0.3) is 0 Å². The van der Waals surface area contributed by atoms with Crippen molar-refractivity contribution in [3.63, 3.8) is 0 Å². The number of rotatable bonds is 9. The molecular weight excluding hydrogens is 480 g/mol. The summed E-state index contributed by atoms with van der Waals surface area (Å²) >= 11 is 7.35. The molecule has 1 atom stereocenters. The van der Waals surface area contributed by atoms with Crippen molar-refractivity contribution in [2.45, 2.75) is 40.0 Å². The molecule has 0 amide bonds. The van der Waals surface area contributed by atoms with E-state index in [2.05, 4.69) is 113 Å². The van der Waals surface area contributed by atoms with Gasteiger partial charge < -0.3 is 4.43 Å². The molecule has 2 aromatic rings. The van der Waals surface area contributed by atoms with E-state index in [0.717, 1.165) is 16.2 Å². The van der Waals surface area contributed by atoms with Crippen molar-refractivity contribution >= 4 is 51.3 Å². The van der Waals surface area contributed by atoms with Gasteiger partial charge in [-0.05, 0) is 41.0 Å². The first-order valence-corrected chi connectivity index (χ1v) is 13.1. The van der Waals surface area contributed by atoms with Gasteiger partial charge in [0.25, 0.3) is 9.04 Å². The van der Waals surface area contributed by atoms with Gasteiger partial charge in [-0.3, -0.25) is 0 Å². The third-order valence-electron chi connectivity index (χ3n) is 4.89. The van der Waals surface area contributed by atoms with Gasteiger partial charge in [0.05, 0.1) is 6.26 Å². The van der Waals surface area contributed by atoms with Crippen molar-refractivity contribution in [2.75, 3.05) is 5.33 Å². The van der Waals surface area contributed by atoms with E-state index in [1.54, 1.807) is 0 Å². The third-order valence-corrected chi connectivity index (χ3v) is 8.35. The van der Waals surface area contributed by atoms with Crippen molar-refractivity contribution in [2.24, 2.45) is 11.3 Å². The number of hydrogen-bond donors (Lipinski definition) is 0. The summed E-state index contributed by atoms with van der Waals surface area (Å²) in [5.74, 6) is 0.623. The first-order chi connectivity index (χ1) is 12.9. The smallest absolute Gasteiger partial charge is 0.298 e. The van der Waals surface area contributed by atoms with Gasteiger partial charge in [-0.1, -0.05) is 113 Å². The number of allylic oxidation sites excluding steroid dienone is 1. The van der Waals surface area contributed by atoms with Crippen LogP contribution < -0.4 is 10.4 Å². The van der Waals surface area contributed by atoms with Crippen molar-refractivity contribution < 1.29 is 4.43 Å². The molecule has 1 unspecified atom stereocenters. The predicted molar refractivity (Wildman–Crippen MR) is 128 cm³/mol. The second-order valence-electron chi connectivity index (χ2n) is 8.00. The molecule has 0 aliphatic heterocycles. The minimum atomic E-state index is -1.73. The summed E-state index contributed by atoms with van der Waals surface area (Å²) in [6, 6.07) is 21.2. The molecule has 2 aromatic carbocycles. The summed E-state index contributed by atoms with van der Waals surface area (Å²) in [4.78, 5) is 0. The van der Waals surface area contributed by atoms with Crippen LogP contribution in [-0.4, -0.2) is 14.4 Å². The normalized spacial score (nSPS) is 13.6. The van der Waals surface area contributed by atoms with Crippen molar-refractivity contribution in [3.8, 4) is 0 Å². The van der Waals surface area contributed by atoms with Crippen molar-refractivity contribution in [3.05, 3.63) is 71.4 Å². The molecule has 27 heavy (non-hydrogen) atoms. The molecule has 0 bridgehead atoms. The highest BCUT2D eigenvalue weighted by Crippen LogP contribution is 2.36. The molecule has 0 aliphatic rings. The molecular formula is C23H30Br2OSi. The number of hydrogen-bond acceptors (Lipinski definition) is 1. The Morgan fingerprint density at radius 3 is 1.96 bits per heavy atom. The van der Waals surface area contributed by atoms with E-state index in [1.165, 1.54) is 23.2 Å². The SMILES string of the molecule is CC(C)(C)C(CCCBr)CC(Br)=CO[SiH](c1ccccc1)c1ccccc1. The predicted octanol–water partition coefficient (Wildman–Crippen LogP) is 6.01. The van der Waals surface area contributed by atoms with Crippen molar-refractivity contribution in [1.82, 2.24) is 0 Å². The van der Waals surface area contributed by atoms with Gasteiger partial charge in [0, 0.05) is 9.81 Å². The van der Waals surface area contributed by atoms with E-state index in [1.807, 2.05) is 6.26 Å². The highest BCUT2D eigenvalue weighted by Gasteiger charge is 2.25. The zero-order chi connectivity index (χ0) is 19.7. The van der Waals surface area contributed by atoms with Gasteiger partial charge in [0.15, 0.2) is 0 Å². The monoisotopic (exact) mass is 508 g/mol. The van der Waals surface area contributed by atoms with Crippen LogP contribution >= 0.6 is 31.9 Å². The Labute approximate surface area is 183 Å². The van der Waals surface area contributed by atoms with E-state index < -0.39 is 9.04 Å². The van der Waals surface area contributed by atoms with Gasteiger partial charge >= 0.3 is 0 Å². The number of halogens is 2. The number of alkyl halides is 1. The lowest BCUT2D eigenvalue weighted by molar-refractivity contribution is 0.225. The second kappa shape index (κ2) is 11.2.